The Hall–Kier alpha value is -11.9. The quantitative estimate of drug-likeness (QED) is 0.0728. The molecule has 0 spiro atoms. The Morgan fingerprint density at radius 2 is 0.563 bits per heavy atom. The number of fused-ring (bicyclic) bond motifs is 6. The zero-order valence-electron chi connectivity index (χ0n) is 69.0. The molecule has 0 aliphatic carbocycles. The van der Waals surface area contributed by atoms with E-state index in [2.05, 4.69) is 104 Å². The molecule has 0 saturated heterocycles. The van der Waals surface area contributed by atoms with Crippen LogP contribution in [0, 0.1) is 41.5 Å². The maximum atomic E-state index is 9.79. The summed E-state index contributed by atoms with van der Waals surface area (Å²) >= 11 is 5.95. The summed E-state index contributed by atoms with van der Waals surface area (Å²) in [6.07, 6.45) is 0. The highest BCUT2D eigenvalue weighted by Gasteiger charge is 2.22. The van der Waals surface area contributed by atoms with E-state index in [1.807, 2.05) is 161 Å². The number of pyridine rings is 5. The molecule has 0 atom stereocenters. The van der Waals surface area contributed by atoms with Crippen LogP contribution in [0.2, 0.25) is 5.02 Å². The molecule has 0 saturated carbocycles. The number of phenols is 2. The zero-order chi connectivity index (χ0) is 81.0. The van der Waals surface area contributed by atoms with Gasteiger partial charge < -0.3 is 70.0 Å². The van der Waals surface area contributed by atoms with Crippen LogP contribution in [0.5, 0.6) is 69.0 Å². The van der Waals surface area contributed by atoms with Crippen molar-refractivity contribution in [2.24, 2.45) is 7.05 Å². The molecule has 0 aliphatic rings. The molecule has 16 aromatic rings. The summed E-state index contributed by atoms with van der Waals surface area (Å²) in [5.41, 5.74) is 16.1. The van der Waals surface area contributed by atoms with Crippen LogP contribution in [-0.4, -0.2) is 101 Å². The summed E-state index contributed by atoms with van der Waals surface area (Å²) < 4.78 is 55.9. The van der Waals surface area contributed by atoms with Crippen LogP contribution in [0.25, 0.3) is 121 Å². The van der Waals surface area contributed by atoms with Gasteiger partial charge in [0.05, 0.1) is 105 Å². The van der Waals surface area contributed by atoms with Gasteiger partial charge in [-0.3, -0.25) is 19.9 Å². The Bertz CT molecular complexity index is 6090. The maximum Gasteiger partial charge on any atom is 0.213 e. The van der Waals surface area contributed by atoms with Crippen LogP contribution in [0.4, 0.5) is 0 Å². The van der Waals surface area contributed by atoms with Crippen molar-refractivity contribution in [3.63, 3.8) is 0 Å². The van der Waals surface area contributed by atoms with Crippen LogP contribution in [0.3, 0.4) is 0 Å². The van der Waals surface area contributed by atoms with E-state index in [0.717, 1.165) is 173 Å². The van der Waals surface area contributed by atoms with Gasteiger partial charge in [-0.25, -0.2) is 0 Å². The van der Waals surface area contributed by atoms with Crippen molar-refractivity contribution in [1.82, 2.24) is 19.9 Å². The van der Waals surface area contributed by atoms with Gasteiger partial charge in [0.2, 0.25) is 5.69 Å². The third kappa shape index (κ3) is 21.1. The molecule has 5 aromatic heterocycles. The van der Waals surface area contributed by atoms with Gasteiger partial charge in [-0.2, -0.15) is 4.57 Å². The first-order chi connectivity index (χ1) is 55.1. The number of ether oxygens (including phenoxy) is 10. The van der Waals surface area contributed by atoms with E-state index < -0.39 is 0 Å². The van der Waals surface area contributed by atoms with Gasteiger partial charge >= 0.3 is 0 Å². The molecular formula is C96H95Cl6N5O12. The molecule has 0 bridgehead atoms. The lowest BCUT2D eigenvalue weighted by molar-refractivity contribution is -0.665. The van der Waals surface area contributed by atoms with Crippen molar-refractivity contribution in [3.8, 4) is 125 Å². The van der Waals surface area contributed by atoms with Gasteiger partial charge in [-0.1, -0.05) is 120 Å². The van der Waals surface area contributed by atoms with E-state index >= 15 is 0 Å². The first-order valence-electron chi connectivity index (χ1n) is 36.7. The molecule has 5 heterocycles. The molecule has 0 aliphatic heterocycles. The minimum Gasteiger partial charge on any atom is -1.00 e. The van der Waals surface area contributed by atoms with E-state index in [1.54, 1.807) is 83.2 Å². The summed E-state index contributed by atoms with van der Waals surface area (Å²) in [5.74, 6) is 6.85. The number of phenolic OH excluding ortho intramolecular Hbond substituents is 2. The number of nitrogens with zero attached hydrogens (tertiary/aromatic N) is 5. The fourth-order valence-corrected chi connectivity index (χ4v) is 13.9. The molecule has 0 radical (unpaired) electrons. The molecule has 0 unspecified atom stereocenters. The fraction of sp³-hybridized carbons (Fsp3) is 0.177. The van der Waals surface area contributed by atoms with Crippen LogP contribution in [-0.2, 0) is 7.05 Å². The van der Waals surface area contributed by atoms with E-state index in [9.17, 15) is 10.2 Å². The summed E-state index contributed by atoms with van der Waals surface area (Å²) in [6.45, 7) is 12.2. The van der Waals surface area contributed by atoms with Crippen molar-refractivity contribution in [2.45, 2.75) is 41.5 Å². The SMILES string of the molecule is COc1cc2cc(-c3ccc(C)cc3)nc(C)c2cc1OC.COc1cc2cc(-c3ccc(Cl)cc3)nc(C)c2cc1OC.COc1cc2cc(-c3ccc(O)c(O)c3)[n+](C)c(C)c2cc1OC.COc1cc2cc(-c3ccc4ccccc4c3)nc(C)c2cc1OC.COc1cc2cc(-c3ccccc3)nc(C)c2cc1OC.Cl.Cl.Cl.Cl.[Cl-]. The standard InChI is InChI=1S/C22H19NO2.C19H19NO4.C19H19NO2.C18H16ClNO2.C18H17NO2.5ClH/c1-14-19-13-22(25-3)21(24-2)12-18(19)11-20(23-14)17-9-8-15-6-4-5-7-16(15)10-17;1-11-14-10-19(24-4)18(23-3)9-13(14)7-15(20(11)2)12-5-6-16(21)17(22)8-12;1-12-5-7-14(8-6-12)17-9-15-10-18(21-3)19(22-4)11-16(15)13(2)20-17;1-11-15-10-18(22-3)17(21-2)9-13(15)8-16(20-11)12-4-6-14(19)7-5-12;1-12-15-11-18(21-3)17(20-2)10-14(15)9-16(19-12)13-7-5-4-6-8-13;;;;;/h4-13H,1-3H3;5-10,22H,1-4H3;5-11H,1-4H3;4-10H,1-3H3;4-11H,1-3H3;5*1H. The monoisotopic (exact) mass is 1720 g/mol. The number of halogens is 6. The van der Waals surface area contributed by atoms with Gasteiger partial charge in [0, 0.05) is 84.6 Å². The number of aryl methyl sites for hydroxylation is 6. The summed E-state index contributed by atoms with van der Waals surface area (Å²) in [4.78, 5) is 18.9. The molecule has 618 valence electrons. The molecule has 17 nitrogen and oxygen atoms in total. The van der Waals surface area contributed by atoms with Crippen LogP contribution in [0.1, 0.15) is 34.0 Å². The number of aromatic hydroxyl groups is 2. The van der Waals surface area contributed by atoms with Crippen molar-refractivity contribution in [2.75, 3.05) is 71.1 Å². The molecule has 2 N–H and O–H groups in total. The topological polar surface area (TPSA) is 188 Å². The Morgan fingerprint density at radius 1 is 0.269 bits per heavy atom. The smallest absolute Gasteiger partial charge is 0.213 e. The predicted molar refractivity (Wildman–Crippen MR) is 488 cm³/mol. The van der Waals surface area contributed by atoms with Gasteiger partial charge in [0.25, 0.3) is 0 Å². The average molecular weight is 1720 g/mol. The highest BCUT2D eigenvalue weighted by molar-refractivity contribution is 6.30. The molecule has 0 amide bonds. The Balaban J connectivity index is 0.000000203. The molecule has 16 rings (SSSR count). The number of aromatic nitrogens is 5. The van der Waals surface area contributed by atoms with Crippen molar-refractivity contribution < 1.29 is 74.6 Å². The summed E-state index contributed by atoms with van der Waals surface area (Å²) in [5, 5.41) is 33.2. The average Bonchev–Trinajstić information content (AvgIpc) is 0.740. The van der Waals surface area contributed by atoms with Crippen molar-refractivity contribution in [3.05, 3.63) is 270 Å². The highest BCUT2D eigenvalue weighted by Crippen LogP contribution is 2.42. The number of hydrogen-bond acceptors (Lipinski definition) is 16. The third-order valence-electron chi connectivity index (χ3n) is 20.1. The van der Waals surface area contributed by atoms with E-state index in [4.69, 9.17) is 78.9 Å². The molecule has 11 aromatic carbocycles. The number of benzene rings is 11. The zero-order valence-corrected chi connectivity index (χ0v) is 73.8. The van der Waals surface area contributed by atoms with Gasteiger partial charge in [0.15, 0.2) is 74.7 Å². The second-order valence-corrected chi connectivity index (χ2v) is 27.5. The largest absolute Gasteiger partial charge is 1.00 e. The first-order valence-corrected chi connectivity index (χ1v) is 37.1. The second-order valence-electron chi connectivity index (χ2n) is 27.1. The van der Waals surface area contributed by atoms with Crippen molar-refractivity contribution in [1.29, 1.82) is 0 Å². The van der Waals surface area contributed by atoms with Crippen molar-refractivity contribution >= 4 is 126 Å². The minimum atomic E-state index is -0.141. The molecular weight excluding hydrogens is 1630 g/mol. The van der Waals surface area contributed by atoms with Gasteiger partial charge in [0.1, 0.15) is 7.05 Å². The fourth-order valence-electron chi connectivity index (χ4n) is 13.8. The van der Waals surface area contributed by atoms with E-state index in [1.165, 1.54) is 22.4 Å². The van der Waals surface area contributed by atoms with Gasteiger partial charge in [-0.05, 0) is 194 Å². The normalized spacial score (nSPS) is 10.3. The number of hydrogen-bond donors (Lipinski definition) is 2. The molecule has 23 heteroatoms. The number of rotatable bonds is 15. The lowest BCUT2D eigenvalue weighted by Crippen LogP contribution is -3.00. The summed E-state index contributed by atoms with van der Waals surface area (Å²) in [7, 11) is 18.4. The predicted octanol–water partition coefficient (Wildman–Crippen LogP) is 20.8. The Morgan fingerprint density at radius 3 is 0.924 bits per heavy atom. The second kappa shape index (κ2) is 42.5. The molecule has 119 heavy (non-hydrogen) atoms. The number of methoxy groups -OCH3 is 10. The van der Waals surface area contributed by atoms with Crippen LogP contribution in [0.15, 0.2) is 231 Å². The first kappa shape index (κ1) is 94.2. The Labute approximate surface area is 729 Å². The van der Waals surface area contributed by atoms with Crippen LogP contribution >= 0.6 is 61.2 Å². The van der Waals surface area contributed by atoms with E-state index in [0.29, 0.717) is 28.0 Å². The van der Waals surface area contributed by atoms with Gasteiger partial charge in [-0.15, -0.1) is 49.6 Å². The Kier molecular flexibility index (Phi) is 33.6. The lowest BCUT2D eigenvalue weighted by Gasteiger charge is -2.12. The van der Waals surface area contributed by atoms with E-state index in [-0.39, 0.29) is 73.5 Å². The molecule has 0 fully saturated rings. The summed E-state index contributed by atoms with van der Waals surface area (Å²) in [6, 6.07) is 76.0. The minimum absolute atomic E-state index is 0. The lowest BCUT2D eigenvalue weighted by atomic mass is 10.0. The maximum absolute atomic E-state index is 9.79. The highest BCUT2D eigenvalue weighted by atomic mass is 35.5. The van der Waals surface area contributed by atoms with Crippen LogP contribution < -0.4 is 64.3 Å². The third-order valence-corrected chi connectivity index (χ3v) is 20.3.